The first kappa shape index (κ1) is 10.4. The van der Waals surface area contributed by atoms with Crippen LogP contribution in [0.5, 0.6) is 0 Å². The molecule has 0 radical (unpaired) electrons. The molecule has 0 unspecified atom stereocenters. The molecule has 0 saturated heterocycles. The van der Waals surface area contributed by atoms with Crippen LogP contribution in [-0.2, 0) is 0 Å². The van der Waals surface area contributed by atoms with Gasteiger partial charge >= 0.3 is 6.18 Å². The molecule has 11 heavy (non-hydrogen) atoms. The van der Waals surface area contributed by atoms with Gasteiger partial charge in [0.1, 0.15) is 0 Å². The summed E-state index contributed by atoms with van der Waals surface area (Å²) in [5.74, 6) is 0. The van der Waals surface area contributed by atoms with Crippen LogP contribution in [0.25, 0.3) is 0 Å². The van der Waals surface area contributed by atoms with E-state index in [4.69, 9.17) is 0 Å². The van der Waals surface area contributed by atoms with Gasteiger partial charge in [-0.1, -0.05) is 6.08 Å². The van der Waals surface area contributed by atoms with Crippen LogP contribution in [0.4, 0.5) is 22.0 Å². The van der Waals surface area contributed by atoms with Gasteiger partial charge in [0.05, 0.1) is 0 Å². The Morgan fingerprint density at radius 1 is 1.36 bits per heavy atom. The quantitative estimate of drug-likeness (QED) is 0.445. The van der Waals surface area contributed by atoms with Gasteiger partial charge in [-0.2, -0.15) is 13.2 Å². The van der Waals surface area contributed by atoms with Crippen molar-refractivity contribution in [3.05, 3.63) is 11.6 Å². The minimum absolute atomic E-state index is 0.491. The molecular formula is C6H7F5. The summed E-state index contributed by atoms with van der Waals surface area (Å²) in [6.07, 6.45) is -7.54. The summed E-state index contributed by atoms with van der Waals surface area (Å²) < 4.78 is 57.5. The normalized spacial score (nSPS) is 14.3. The van der Waals surface area contributed by atoms with Crippen LogP contribution in [-0.4, -0.2) is 12.6 Å². The van der Waals surface area contributed by atoms with Gasteiger partial charge in [-0.25, -0.2) is 8.78 Å². The molecule has 0 aromatic carbocycles. The van der Waals surface area contributed by atoms with Crippen molar-refractivity contribution in [1.29, 1.82) is 0 Å². The van der Waals surface area contributed by atoms with Crippen LogP contribution in [0, 0.1) is 0 Å². The summed E-state index contributed by atoms with van der Waals surface area (Å²) in [4.78, 5) is 0. The standard InChI is InChI=1S/C6H7F5/c1-4(6(9,10)11)2-3-5(7)8/h2,5H,3H2,1H3. The molecule has 0 bridgehead atoms. The van der Waals surface area contributed by atoms with Gasteiger partial charge < -0.3 is 0 Å². The molecule has 0 aliphatic rings. The van der Waals surface area contributed by atoms with Crippen molar-refractivity contribution in [2.75, 3.05) is 0 Å². The van der Waals surface area contributed by atoms with Gasteiger partial charge in [0.15, 0.2) is 0 Å². The molecule has 0 aliphatic heterocycles. The Hall–Kier alpha value is -0.610. The molecule has 0 amide bonds. The van der Waals surface area contributed by atoms with Crippen LogP contribution in [0.3, 0.4) is 0 Å². The zero-order valence-electron chi connectivity index (χ0n) is 5.75. The fourth-order valence-corrected chi connectivity index (χ4v) is 0.382. The van der Waals surface area contributed by atoms with Crippen LogP contribution < -0.4 is 0 Å². The summed E-state index contributed by atoms with van der Waals surface area (Å²) in [6, 6.07) is 0. The van der Waals surface area contributed by atoms with Crippen molar-refractivity contribution in [2.45, 2.75) is 25.9 Å². The van der Waals surface area contributed by atoms with E-state index in [9.17, 15) is 22.0 Å². The smallest absolute Gasteiger partial charge is 0.210 e. The molecule has 0 saturated carbocycles. The highest BCUT2D eigenvalue weighted by Crippen LogP contribution is 2.25. The number of rotatable bonds is 2. The van der Waals surface area contributed by atoms with Gasteiger partial charge in [-0.05, 0) is 6.92 Å². The molecular weight excluding hydrogens is 167 g/mol. The lowest BCUT2D eigenvalue weighted by atomic mass is 10.2. The second kappa shape index (κ2) is 3.69. The maximum absolute atomic E-state index is 11.6. The predicted octanol–water partition coefficient (Wildman–Crippen LogP) is 3.15. The SMILES string of the molecule is CC(=CCC(F)F)C(F)(F)F. The molecule has 0 aromatic heterocycles. The molecule has 66 valence electrons. The van der Waals surface area contributed by atoms with Crippen LogP contribution in [0.2, 0.25) is 0 Å². The van der Waals surface area contributed by atoms with E-state index in [1.165, 1.54) is 0 Å². The van der Waals surface area contributed by atoms with E-state index in [2.05, 4.69) is 0 Å². The lowest BCUT2D eigenvalue weighted by Crippen LogP contribution is -2.09. The van der Waals surface area contributed by atoms with Crippen molar-refractivity contribution in [3.8, 4) is 0 Å². The minimum atomic E-state index is -4.48. The van der Waals surface area contributed by atoms with E-state index in [1.54, 1.807) is 0 Å². The van der Waals surface area contributed by atoms with Gasteiger partial charge in [0.25, 0.3) is 0 Å². The van der Waals surface area contributed by atoms with Crippen molar-refractivity contribution >= 4 is 0 Å². The molecule has 5 heteroatoms. The highest BCUT2D eigenvalue weighted by Gasteiger charge is 2.29. The summed E-state index contributed by atoms with van der Waals surface area (Å²) in [5.41, 5.74) is -0.974. The van der Waals surface area contributed by atoms with Crippen molar-refractivity contribution in [3.63, 3.8) is 0 Å². The summed E-state index contributed by atoms with van der Waals surface area (Å²) >= 11 is 0. The highest BCUT2D eigenvalue weighted by molar-refractivity contribution is 5.04. The zero-order valence-corrected chi connectivity index (χ0v) is 5.75. The van der Waals surface area contributed by atoms with Gasteiger partial charge in [-0.15, -0.1) is 0 Å². The van der Waals surface area contributed by atoms with E-state index >= 15 is 0 Å². The molecule has 0 nitrogen and oxygen atoms in total. The third-order valence-corrected chi connectivity index (χ3v) is 1.05. The number of hydrogen-bond donors (Lipinski definition) is 0. The Bertz CT molecular complexity index is 144. The fraction of sp³-hybridized carbons (Fsp3) is 0.667. The molecule has 0 aliphatic carbocycles. The number of halogens is 5. The van der Waals surface area contributed by atoms with Gasteiger partial charge in [-0.3, -0.25) is 0 Å². The topological polar surface area (TPSA) is 0 Å². The Balaban J connectivity index is 4.02. The van der Waals surface area contributed by atoms with Crippen molar-refractivity contribution in [2.24, 2.45) is 0 Å². The number of hydrogen-bond acceptors (Lipinski definition) is 0. The average molecular weight is 174 g/mol. The number of allylic oxidation sites excluding steroid dienone is 2. The fourth-order valence-electron chi connectivity index (χ4n) is 0.382. The lowest BCUT2D eigenvalue weighted by Gasteiger charge is -2.05. The highest BCUT2D eigenvalue weighted by atomic mass is 19.4. The molecule has 0 rings (SSSR count). The third-order valence-electron chi connectivity index (χ3n) is 1.05. The first-order chi connectivity index (χ1) is 4.84. The predicted molar refractivity (Wildman–Crippen MR) is 30.4 cm³/mol. The Kier molecular flexibility index (Phi) is 3.48. The molecule has 0 atom stereocenters. The van der Waals surface area contributed by atoms with Crippen molar-refractivity contribution in [1.82, 2.24) is 0 Å². The van der Waals surface area contributed by atoms with Crippen molar-refractivity contribution < 1.29 is 22.0 Å². The molecule has 0 aromatic rings. The summed E-state index contributed by atoms with van der Waals surface area (Å²) in [6.45, 7) is 0.766. The van der Waals surface area contributed by atoms with E-state index in [0.29, 0.717) is 6.08 Å². The zero-order chi connectivity index (χ0) is 9.07. The third kappa shape index (κ3) is 4.75. The minimum Gasteiger partial charge on any atom is -0.210 e. The Morgan fingerprint density at radius 2 is 1.82 bits per heavy atom. The van der Waals surface area contributed by atoms with Gasteiger partial charge in [0, 0.05) is 12.0 Å². The second-order valence-electron chi connectivity index (χ2n) is 2.01. The molecule has 0 N–H and O–H groups in total. The Morgan fingerprint density at radius 3 is 2.09 bits per heavy atom. The van der Waals surface area contributed by atoms with E-state index in [0.717, 1.165) is 6.92 Å². The first-order valence-electron chi connectivity index (χ1n) is 2.86. The molecule has 0 fully saturated rings. The Labute approximate surface area is 60.7 Å². The largest absolute Gasteiger partial charge is 0.412 e. The number of alkyl halides is 5. The molecule has 0 heterocycles. The van der Waals surface area contributed by atoms with Gasteiger partial charge in [0.2, 0.25) is 6.43 Å². The van der Waals surface area contributed by atoms with E-state index in [1.807, 2.05) is 0 Å². The lowest BCUT2D eigenvalue weighted by molar-refractivity contribution is -0.0917. The van der Waals surface area contributed by atoms with Crippen LogP contribution in [0.15, 0.2) is 11.6 Å². The first-order valence-corrected chi connectivity index (χ1v) is 2.86. The summed E-state index contributed by atoms with van der Waals surface area (Å²) in [7, 11) is 0. The van der Waals surface area contributed by atoms with E-state index < -0.39 is 24.6 Å². The summed E-state index contributed by atoms with van der Waals surface area (Å²) in [5, 5.41) is 0. The maximum Gasteiger partial charge on any atom is 0.412 e. The van der Waals surface area contributed by atoms with Crippen LogP contribution >= 0.6 is 0 Å². The monoisotopic (exact) mass is 174 g/mol. The average Bonchev–Trinajstić information content (AvgIpc) is 1.80. The maximum atomic E-state index is 11.6. The second-order valence-corrected chi connectivity index (χ2v) is 2.01. The molecule has 0 spiro atoms. The van der Waals surface area contributed by atoms with Crippen LogP contribution in [0.1, 0.15) is 13.3 Å². The van der Waals surface area contributed by atoms with E-state index in [-0.39, 0.29) is 0 Å².